The van der Waals surface area contributed by atoms with Crippen molar-refractivity contribution in [1.82, 2.24) is 0 Å². The van der Waals surface area contributed by atoms with E-state index in [1.54, 1.807) is 0 Å². The summed E-state index contributed by atoms with van der Waals surface area (Å²) in [5, 5.41) is 0.331. The summed E-state index contributed by atoms with van der Waals surface area (Å²) in [6.07, 6.45) is 1.93. The minimum absolute atomic E-state index is 0.0706. The van der Waals surface area contributed by atoms with E-state index in [1.807, 2.05) is 6.92 Å². The maximum absolute atomic E-state index is 11.9. The second-order valence-electron chi connectivity index (χ2n) is 15.6. The van der Waals surface area contributed by atoms with Crippen molar-refractivity contribution in [1.29, 1.82) is 0 Å². The van der Waals surface area contributed by atoms with Gasteiger partial charge in [-0.1, -0.05) is 69.2 Å². The van der Waals surface area contributed by atoms with Gasteiger partial charge in [0.1, 0.15) is 6.29 Å². The Hall–Kier alpha value is 0.161. The second-order valence-corrected chi connectivity index (χ2v) is 29.9. The molecule has 5 nitrogen and oxygen atoms in total. The first-order chi connectivity index (χ1) is 15.9. The molecule has 0 aliphatic carbocycles. The van der Waals surface area contributed by atoms with E-state index in [2.05, 4.69) is 102 Å². The molecule has 0 bridgehead atoms. The fourth-order valence-electron chi connectivity index (χ4n) is 3.68. The van der Waals surface area contributed by atoms with E-state index in [9.17, 15) is 4.79 Å². The fraction of sp³-hybridized carbons (Fsp3) is 0.964. The lowest BCUT2D eigenvalue weighted by Gasteiger charge is -2.50. The second kappa shape index (κ2) is 11.7. The number of hydrogen-bond donors (Lipinski definition) is 0. The number of ether oxygens (including phenoxy) is 1. The van der Waals surface area contributed by atoms with Crippen LogP contribution in [0.1, 0.15) is 82.1 Å². The summed E-state index contributed by atoms with van der Waals surface area (Å²) >= 11 is 0. The SMILES string of the molecule is C[C@H](C=O)[C@@H]1O[C@H](CCO[Si](C)(C)C(C)(C)C)[C@H](O[Si](C)(C)C(C)(C)C)C[C@@H]1O[Si](C)(C)C(C)(C)C. The molecule has 0 amide bonds. The van der Waals surface area contributed by atoms with Gasteiger partial charge in [0.15, 0.2) is 25.0 Å². The average molecular weight is 561 g/mol. The molecule has 0 aromatic heterocycles. The molecule has 1 rings (SSSR count). The van der Waals surface area contributed by atoms with E-state index in [0.29, 0.717) is 6.61 Å². The van der Waals surface area contributed by atoms with Gasteiger partial charge in [-0.15, -0.1) is 0 Å². The first kappa shape index (κ1) is 34.2. The van der Waals surface area contributed by atoms with E-state index in [1.165, 1.54) is 0 Å². The quantitative estimate of drug-likeness (QED) is 0.199. The standard InChI is InChI=1S/C28H60O5Si3/c1-21(20-29)25-24(33-36(15,16)28(8,9)10)19-23(32-35(13,14)27(5,6)7)22(31-25)17-18-30-34(11,12)26(2,3)4/h20-25H,17-19H2,1-16H3/t21-,22-,23-,24+,25+/m1/s1. The first-order valence-corrected chi connectivity index (χ1v) is 22.7. The van der Waals surface area contributed by atoms with Gasteiger partial charge in [0.2, 0.25) is 0 Å². The number of carbonyl (C=O) groups excluding carboxylic acids is 1. The van der Waals surface area contributed by atoms with E-state index in [4.69, 9.17) is 18.0 Å². The highest BCUT2D eigenvalue weighted by Crippen LogP contribution is 2.44. The van der Waals surface area contributed by atoms with Crippen LogP contribution in [0.25, 0.3) is 0 Å². The van der Waals surface area contributed by atoms with Gasteiger partial charge in [-0.25, -0.2) is 0 Å². The summed E-state index contributed by atoms with van der Waals surface area (Å²) in [6.45, 7) is 36.8. The van der Waals surface area contributed by atoms with Crippen molar-refractivity contribution < 1.29 is 22.8 Å². The number of rotatable bonds is 10. The third kappa shape index (κ3) is 8.58. The van der Waals surface area contributed by atoms with Crippen LogP contribution in [0.2, 0.25) is 54.4 Å². The molecule has 0 saturated carbocycles. The third-order valence-electron chi connectivity index (χ3n) is 9.49. The molecule has 0 unspecified atom stereocenters. The van der Waals surface area contributed by atoms with Crippen LogP contribution in [-0.2, 0) is 22.8 Å². The molecule has 214 valence electrons. The van der Waals surface area contributed by atoms with E-state index < -0.39 is 25.0 Å². The third-order valence-corrected chi connectivity index (χ3v) is 23.0. The van der Waals surface area contributed by atoms with Gasteiger partial charge >= 0.3 is 0 Å². The molecule has 8 heteroatoms. The van der Waals surface area contributed by atoms with Crippen LogP contribution in [0.15, 0.2) is 0 Å². The highest BCUT2D eigenvalue weighted by atomic mass is 28.4. The van der Waals surface area contributed by atoms with E-state index in [-0.39, 0.29) is 45.4 Å². The molecule has 0 N–H and O–H groups in total. The van der Waals surface area contributed by atoms with Crippen LogP contribution in [-0.4, -0.2) is 62.3 Å². The van der Waals surface area contributed by atoms with Crippen LogP contribution < -0.4 is 0 Å². The lowest BCUT2D eigenvalue weighted by Crippen LogP contribution is -2.58. The van der Waals surface area contributed by atoms with E-state index >= 15 is 0 Å². The van der Waals surface area contributed by atoms with Gasteiger partial charge in [0.05, 0.1) is 24.4 Å². The lowest BCUT2D eigenvalue weighted by molar-refractivity contribution is -0.179. The molecule has 1 aliphatic rings. The molecule has 1 fully saturated rings. The minimum atomic E-state index is -2.07. The van der Waals surface area contributed by atoms with Crippen LogP contribution in [0, 0.1) is 5.92 Å². The van der Waals surface area contributed by atoms with Crippen molar-refractivity contribution in [3.8, 4) is 0 Å². The lowest BCUT2D eigenvalue weighted by atomic mass is 9.90. The van der Waals surface area contributed by atoms with Crippen molar-refractivity contribution in [2.24, 2.45) is 5.92 Å². The van der Waals surface area contributed by atoms with E-state index in [0.717, 1.165) is 19.1 Å². The monoisotopic (exact) mass is 560 g/mol. The highest BCUT2D eigenvalue weighted by molar-refractivity contribution is 6.75. The Bertz CT molecular complexity index is 716. The molecule has 0 spiro atoms. The topological polar surface area (TPSA) is 54.0 Å². The van der Waals surface area contributed by atoms with Crippen LogP contribution in [0.4, 0.5) is 0 Å². The molecule has 1 saturated heterocycles. The zero-order chi connectivity index (χ0) is 28.5. The minimum Gasteiger partial charge on any atom is -0.417 e. The highest BCUT2D eigenvalue weighted by Gasteiger charge is 2.49. The molecular formula is C28H60O5Si3. The predicted molar refractivity (Wildman–Crippen MR) is 160 cm³/mol. The Morgan fingerprint density at radius 2 is 1.19 bits per heavy atom. The van der Waals surface area contributed by atoms with Crippen molar-refractivity contribution in [3.05, 3.63) is 0 Å². The van der Waals surface area contributed by atoms with Crippen molar-refractivity contribution in [3.63, 3.8) is 0 Å². The van der Waals surface area contributed by atoms with Gasteiger partial charge in [-0.2, -0.15) is 0 Å². The van der Waals surface area contributed by atoms with Gasteiger partial charge in [0, 0.05) is 18.9 Å². The van der Waals surface area contributed by atoms with Gasteiger partial charge in [-0.3, -0.25) is 0 Å². The number of carbonyl (C=O) groups is 1. The Kier molecular flexibility index (Phi) is 11.1. The maximum atomic E-state index is 11.9. The largest absolute Gasteiger partial charge is 0.417 e. The van der Waals surface area contributed by atoms with Crippen LogP contribution >= 0.6 is 0 Å². The predicted octanol–water partition coefficient (Wildman–Crippen LogP) is 8.17. The average Bonchev–Trinajstić information content (AvgIpc) is 2.65. The maximum Gasteiger partial charge on any atom is 0.192 e. The van der Waals surface area contributed by atoms with Crippen molar-refractivity contribution >= 4 is 31.2 Å². The first-order valence-electron chi connectivity index (χ1n) is 14.0. The van der Waals surface area contributed by atoms with Gasteiger partial charge in [0.25, 0.3) is 0 Å². The Labute approximate surface area is 227 Å². The summed E-state index contributed by atoms with van der Waals surface area (Å²) < 4.78 is 27.3. The van der Waals surface area contributed by atoms with Crippen molar-refractivity contribution in [2.75, 3.05) is 6.61 Å². The molecule has 1 aliphatic heterocycles. The Morgan fingerprint density at radius 1 is 0.778 bits per heavy atom. The molecule has 1 heterocycles. The zero-order valence-corrected chi connectivity index (χ0v) is 29.6. The van der Waals surface area contributed by atoms with Gasteiger partial charge in [-0.05, 0) is 60.8 Å². The summed E-state index contributed by atoms with van der Waals surface area (Å²) in [5.74, 6) is -0.239. The summed E-state index contributed by atoms with van der Waals surface area (Å²) in [6, 6.07) is 0. The summed E-state index contributed by atoms with van der Waals surface area (Å²) in [7, 11) is -5.98. The zero-order valence-electron chi connectivity index (χ0n) is 26.6. The molecule has 0 radical (unpaired) electrons. The van der Waals surface area contributed by atoms with Crippen LogP contribution in [0.5, 0.6) is 0 Å². The molecule has 5 atom stereocenters. The number of aldehydes is 1. The molecule has 0 aromatic rings. The molecule has 36 heavy (non-hydrogen) atoms. The molecular weight excluding hydrogens is 501 g/mol. The fourth-order valence-corrected chi connectivity index (χ4v) is 7.44. The Balaban J connectivity index is 3.29. The normalized spacial score (nSPS) is 26.1. The summed E-state index contributed by atoms with van der Waals surface area (Å²) in [5.41, 5.74) is 0. The van der Waals surface area contributed by atoms with Crippen LogP contribution in [0.3, 0.4) is 0 Å². The van der Waals surface area contributed by atoms with Gasteiger partial charge < -0.3 is 22.8 Å². The molecule has 0 aromatic carbocycles. The number of hydrogen-bond acceptors (Lipinski definition) is 5. The van der Waals surface area contributed by atoms with Crippen molar-refractivity contribution in [2.45, 2.75) is 161 Å². The summed E-state index contributed by atoms with van der Waals surface area (Å²) in [4.78, 5) is 11.9. The smallest absolute Gasteiger partial charge is 0.192 e. The Morgan fingerprint density at radius 3 is 1.58 bits per heavy atom.